The van der Waals surface area contributed by atoms with Gasteiger partial charge in [0.2, 0.25) is 0 Å². The first kappa shape index (κ1) is 21.4. The number of nitrogens with two attached hydrogens (primary N) is 1. The number of hydrogen-bond acceptors (Lipinski definition) is 6. The van der Waals surface area contributed by atoms with E-state index in [1.165, 1.54) is 18.9 Å². The number of aromatic nitrogens is 4. The summed E-state index contributed by atoms with van der Waals surface area (Å²) in [6.07, 6.45) is 4.22. The highest BCUT2D eigenvalue weighted by Gasteiger charge is 2.23. The SMILES string of the molecule is CCCCNC.Cc1ccnc(-c2[nH]c3c(F)cc(F)cc3c2-c2nnc(N)o2)c1. The highest BCUT2D eigenvalue weighted by molar-refractivity contribution is 6.01. The Balaban J connectivity index is 0.000000377. The lowest BCUT2D eigenvalue weighted by Crippen LogP contribution is -2.06. The number of unbranched alkanes of at least 4 members (excludes halogenated alkanes) is 1. The molecule has 0 fully saturated rings. The third-order valence-electron chi connectivity index (χ3n) is 4.43. The molecular weight excluding hydrogens is 390 g/mol. The Labute approximate surface area is 172 Å². The molecule has 0 amide bonds. The maximum Gasteiger partial charge on any atom is 0.313 e. The zero-order valence-corrected chi connectivity index (χ0v) is 17.1. The van der Waals surface area contributed by atoms with Gasteiger partial charge in [0, 0.05) is 17.6 Å². The minimum Gasteiger partial charge on any atom is -0.403 e. The second-order valence-electron chi connectivity index (χ2n) is 6.81. The number of nitrogen functional groups attached to an aromatic ring is 1. The molecule has 158 valence electrons. The number of pyridine rings is 1. The summed E-state index contributed by atoms with van der Waals surface area (Å²) in [5, 5.41) is 10.8. The quantitative estimate of drug-likeness (QED) is 0.417. The van der Waals surface area contributed by atoms with Crippen molar-refractivity contribution in [3.63, 3.8) is 0 Å². The molecule has 4 rings (SSSR count). The van der Waals surface area contributed by atoms with E-state index in [4.69, 9.17) is 10.2 Å². The molecule has 0 aliphatic heterocycles. The monoisotopic (exact) mass is 414 g/mol. The maximum absolute atomic E-state index is 14.2. The van der Waals surface area contributed by atoms with Gasteiger partial charge >= 0.3 is 6.01 Å². The number of halogens is 2. The zero-order valence-electron chi connectivity index (χ0n) is 17.1. The van der Waals surface area contributed by atoms with Gasteiger partial charge in [0.15, 0.2) is 0 Å². The second kappa shape index (κ2) is 9.45. The summed E-state index contributed by atoms with van der Waals surface area (Å²) in [5.74, 6) is -1.38. The van der Waals surface area contributed by atoms with Crippen LogP contribution in [0.25, 0.3) is 33.7 Å². The molecule has 0 saturated heterocycles. The Morgan fingerprint density at radius 2 is 2.00 bits per heavy atom. The lowest BCUT2D eigenvalue weighted by atomic mass is 10.1. The predicted octanol–water partition coefficient (Wildman–Crippen LogP) is 4.45. The van der Waals surface area contributed by atoms with Crippen molar-refractivity contribution in [2.45, 2.75) is 26.7 Å². The number of benzene rings is 1. The minimum atomic E-state index is -0.724. The molecule has 4 N–H and O–H groups in total. The Morgan fingerprint density at radius 1 is 1.20 bits per heavy atom. The van der Waals surface area contributed by atoms with Crippen molar-refractivity contribution < 1.29 is 13.2 Å². The van der Waals surface area contributed by atoms with E-state index in [2.05, 4.69) is 32.4 Å². The number of fused-ring (bicyclic) bond motifs is 1. The van der Waals surface area contributed by atoms with Crippen molar-refractivity contribution in [3.8, 4) is 22.8 Å². The number of rotatable bonds is 5. The van der Waals surface area contributed by atoms with Crippen LogP contribution in [0.3, 0.4) is 0 Å². The van der Waals surface area contributed by atoms with Gasteiger partial charge in [-0.25, -0.2) is 8.78 Å². The van der Waals surface area contributed by atoms with Crippen LogP contribution in [0.5, 0.6) is 0 Å². The average molecular weight is 414 g/mol. The van der Waals surface area contributed by atoms with Crippen LogP contribution in [-0.4, -0.2) is 33.8 Å². The number of H-pyrrole nitrogens is 1. The fraction of sp³-hybridized carbons (Fsp3) is 0.286. The van der Waals surface area contributed by atoms with Crippen LogP contribution in [0, 0.1) is 18.6 Å². The normalized spacial score (nSPS) is 10.8. The molecule has 7 nitrogen and oxygen atoms in total. The van der Waals surface area contributed by atoms with E-state index in [0.29, 0.717) is 17.0 Å². The molecule has 0 saturated carbocycles. The van der Waals surface area contributed by atoms with Crippen molar-refractivity contribution in [1.82, 2.24) is 25.5 Å². The second-order valence-corrected chi connectivity index (χ2v) is 6.81. The van der Waals surface area contributed by atoms with Gasteiger partial charge in [0.1, 0.15) is 11.6 Å². The average Bonchev–Trinajstić information content (AvgIpc) is 3.30. The van der Waals surface area contributed by atoms with Crippen LogP contribution in [0.4, 0.5) is 14.8 Å². The maximum atomic E-state index is 14.2. The lowest BCUT2D eigenvalue weighted by molar-refractivity contribution is 0.589. The van der Waals surface area contributed by atoms with Gasteiger partial charge in [-0.05, 0) is 50.7 Å². The summed E-state index contributed by atoms with van der Waals surface area (Å²) < 4.78 is 33.2. The van der Waals surface area contributed by atoms with Crippen molar-refractivity contribution in [2.75, 3.05) is 19.3 Å². The van der Waals surface area contributed by atoms with Crippen molar-refractivity contribution in [1.29, 1.82) is 0 Å². The lowest BCUT2D eigenvalue weighted by Gasteiger charge is -2.02. The molecule has 3 aromatic heterocycles. The van der Waals surface area contributed by atoms with Crippen molar-refractivity contribution in [2.24, 2.45) is 0 Å². The van der Waals surface area contributed by atoms with Gasteiger partial charge in [0.25, 0.3) is 5.89 Å². The molecule has 3 heterocycles. The molecule has 0 radical (unpaired) electrons. The Kier molecular flexibility index (Phi) is 6.73. The molecule has 0 atom stereocenters. The smallest absolute Gasteiger partial charge is 0.313 e. The summed E-state index contributed by atoms with van der Waals surface area (Å²) in [6.45, 7) is 5.26. The zero-order chi connectivity index (χ0) is 21.7. The first-order valence-corrected chi connectivity index (χ1v) is 9.62. The number of nitrogens with one attached hydrogen (secondary N) is 2. The molecule has 30 heavy (non-hydrogen) atoms. The summed E-state index contributed by atoms with van der Waals surface area (Å²) in [5.41, 5.74) is 7.91. The van der Waals surface area contributed by atoms with E-state index in [1.54, 1.807) is 6.20 Å². The van der Waals surface area contributed by atoms with Crippen LogP contribution in [0.2, 0.25) is 0 Å². The van der Waals surface area contributed by atoms with Crippen LogP contribution in [0.1, 0.15) is 25.3 Å². The van der Waals surface area contributed by atoms with Gasteiger partial charge < -0.3 is 20.5 Å². The highest BCUT2D eigenvalue weighted by atomic mass is 19.1. The van der Waals surface area contributed by atoms with Gasteiger partial charge in [-0.2, -0.15) is 0 Å². The first-order chi connectivity index (χ1) is 14.4. The summed E-state index contributed by atoms with van der Waals surface area (Å²) in [6, 6.07) is 5.50. The molecule has 9 heteroatoms. The molecule has 0 aliphatic carbocycles. The van der Waals surface area contributed by atoms with E-state index in [-0.39, 0.29) is 22.8 Å². The molecule has 0 bridgehead atoms. The highest BCUT2D eigenvalue weighted by Crippen LogP contribution is 2.38. The number of anilines is 1. The Morgan fingerprint density at radius 3 is 2.60 bits per heavy atom. The molecule has 0 spiro atoms. The largest absolute Gasteiger partial charge is 0.403 e. The van der Waals surface area contributed by atoms with Gasteiger partial charge in [-0.3, -0.25) is 4.98 Å². The molecule has 4 aromatic rings. The van der Waals surface area contributed by atoms with Crippen LogP contribution in [-0.2, 0) is 0 Å². The number of hydrogen-bond donors (Lipinski definition) is 3. The number of nitrogens with zero attached hydrogens (tertiary/aromatic N) is 3. The Hall–Kier alpha value is -3.33. The van der Waals surface area contributed by atoms with E-state index in [1.807, 2.05) is 26.1 Å². The van der Waals surface area contributed by atoms with Gasteiger partial charge in [0.05, 0.1) is 22.5 Å². The minimum absolute atomic E-state index is 0.0575. The van der Waals surface area contributed by atoms with Crippen molar-refractivity contribution in [3.05, 3.63) is 47.7 Å². The number of aromatic amines is 1. The summed E-state index contributed by atoms with van der Waals surface area (Å²) in [7, 11) is 1.98. The van der Waals surface area contributed by atoms with E-state index < -0.39 is 11.6 Å². The van der Waals surface area contributed by atoms with Crippen LogP contribution in [0.15, 0.2) is 34.9 Å². The summed E-state index contributed by atoms with van der Waals surface area (Å²) >= 11 is 0. The summed E-state index contributed by atoms with van der Waals surface area (Å²) in [4.78, 5) is 7.22. The van der Waals surface area contributed by atoms with E-state index in [0.717, 1.165) is 18.2 Å². The fourth-order valence-corrected chi connectivity index (χ4v) is 3.00. The molecular formula is C21H24F2N6O. The van der Waals surface area contributed by atoms with E-state index >= 15 is 0 Å². The third kappa shape index (κ3) is 4.62. The molecule has 1 aromatic carbocycles. The van der Waals surface area contributed by atoms with Crippen LogP contribution >= 0.6 is 0 Å². The standard InChI is InChI=1S/C16H11F2N5O.C5H13N/c1-7-2-3-20-11(4-7)14-12(15-22-23-16(19)24-15)9-5-8(17)6-10(18)13(9)21-14;1-3-4-5-6-2/h2-6,21H,1H3,(H2,19,23);6H,3-5H2,1-2H3. The predicted molar refractivity (Wildman–Crippen MR) is 113 cm³/mol. The first-order valence-electron chi connectivity index (χ1n) is 9.62. The van der Waals surface area contributed by atoms with Gasteiger partial charge in [-0.15, -0.1) is 5.10 Å². The van der Waals surface area contributed by atoms with Crippen LogP contribution < -0.4 is 11.1 Å². The molecule has 0 unspecified atom stereocenters. The Bertz CT molecular complexity index is 1130. The van der Waals surface area contributed by atoms with Crippen molar-refractivity contribution >= 4 is 16.9 Å². The molecule has 0 aliphatic rings. The van der Waals surface area contributed by atoms with E-state index in [9.17, 15) is 8.78 Å². The van der Waals surface area contributed by atoms with Gasteiger partial charge in [-0.1, -0.05) is 18.4 Å². The third-order valence-corrected chi connectivity index (χ3v) is 4.43. The topological polar surface area (TPSA) is 106 Å². The number of aryl methyl sites for hydroxylation is 1. The fourth-order valence-electron chi connectivity index (χ4n) is 3.00.